The van der Waals surface area contributed by atoms with Crippen molar-refractivity contribution in [2.24, 2.45) is 7.05 Å². The second-order valence-corrected chi connectivity index (χ2v) is 8.87. The number of nitrogens with zero attached hydrogens (tertiary/aromatic N) is 5. The zero-order valence-electron chi connectivity index (χ0n) is 18.6. The number of amides is 1. The van der Waals surface area contributed by atoms with Crippen molar-refractivity contribution >= 4 is 28.3 Å². The molecular weight excluding hydrogens is 430 g/mol. The van der Waals surface area contributed by atoms with Gasteiger partial charge in [-0.2, -0.15) is 5.10 Å². The van der Waals surface area contributed by atoms with Crippen LogP contribution in [-0.2, 0) is 7.05 Å². The van der Waals surface area contributed by atoms with Crippen LogP contribution >= 0.6 is 11.3 Å². The molecule has 0 saturated heterocycles. The van der Waals surface area contributed by atoms with E-state index < -0.39 is 0 Å². The molecular formula is C26H23N5OS. The summed E-state index contributed by atoms with van der Waals surface area (Å²) in [7, 11) is 3.69. The molecule has 0 aliphatic rings. The van der Waals surface area contributed by atoms with E-state index in [9.17, 15) is 4.79 Å². The fourth-order valence-corrected chi connectivity index (χ4v) is 4.92. The van der Waals surface area contributed by atoms with Gasteiger partial charge in [-0.05, 0) is 42.1 Å². The molecule has 0 spiro atoms. The van der Waals surface area contributed by atoms with Gasteiger partial charge in [0.1, 0.15) is 0 Å². The SMILES string of the molecule is Cc1nn(C)c2nc(-c3cccs3)cc(C(=O)N(C)C(c3ccccc3)c3ccccn3)c12. The molecule has 164 valence electrons. The molecule has 5 aromatic rings. The first-order valence-electron chi connectivity index (χ1n) is 10.7. The molecule has 7 heteroatoms. The number of hydrogen-bond acceptors (Lipinski definition) is 5. The Balaban J connectivity index is 1.67. The van der Waals surface area contributed by atoms with Crippen molar-refractivity contribution in [2.75, 3.05) is 7.05 Å². The topological polar surface area (TPSA) is 63.9 Å². The molecule has 0 N–H and O–H groups in total. The first kappa shape index (κ1) is 21.0. The van der Waals surface area contributed by atoms with E-state index in [1.54, 1.807) is 27.1 Å². The number of carbonyl (C=O) groups excluding carboxylic acids is 1. The second-order valence-electron chi connectivity index (χ2n) is 7.92. The highest BCUT2D eigenvalue weighted by Crippen LogP contribution is 2.33. The fourth-order valence-electron chi connectivity index (χ4n) is 4.24. The molecule has 1 atom stereocenters. The zero-order chi connectivity index (χ0) is 22.9. The van der Waals surface area contributed by atoms with E-state index in [-0.39, 0.29) is 11.9 Å². The number of pyridine rings is 2. The van der Waals surface area contributed by atoms with E-state index in [4.69, 9.17) is 4.98 Å². The number of hydrogen-bond donors (Lipinski definition) is 0. The van der Waals surface area contributed by atoms with Gasteiger partial charge in [-0.15, -0.1) is 11.3 Å². The van der Waals surface area contributed by atoms with E-state index >= 15 is 0 Å². The number of aryl methyl sites for hydroxylation is 2. The molecule has 0 aliphatic carbocycles. The minimum atomic E-state index is -0.328. The van der Waals surface area contributed by atoms with Crippen LogP contribution in [0.2, 0.25) is 0 Å². The Morgan fingerprint density at radius 1 is 1.06 bits per heavy atom. The Labute approximate surface area is 196 Å². The minimum Gasteiger partial charge on any atom is -0.329 e. The normalized spacial score (nSPS) is 12.1. The molecule has 1 unspecified atom stereocenters. The molecule has 0 bridgehead atoms. The van der Waals surface area contributed by atoms with Gasteiger partial charge in [0.2, 0.25) is 0 Å². The maximum atomic E-state index is 14.1. The van der Waals surface area contributed by atoms with Crippen LogP contribution in [0, 0.1) is 6.92 Å². The summed E-state index contributed by atoms with van der Waals surface area (Å²) in [5.41, 5.74) is 4.65. The van der Waals surface area contributed by atoms with E-state index in [0.717, 1.165) is 32.9 Å². The van der Waals surface area contributed by atoms with Gasteiger partial charge in [-0.1, -0.05) is 42.5 Å². The number of rotatable bonds is 5. The average Bonchev–Trinajstić information content (AvgIpc) is 3.48. The summed E-state index contributed by atoms with van der Waals surface area (Å²) in [4.78, 5) is 26.2. The lowest BCUT2D eigenvalue weighted by molar-refractivity contribution is 0.0754. The van der Waals surface area contributed by atoms with Crippen molar-refractivity contribution in [3.8, 4) is 10.6 Å². The van der Waals surface area contributed by atoms with E-state index in [1.807, 2.05) is 93.1 Å². The third kappa shape index (κ3) is 3.81. The minimum absolute atomic E-state index is 0.101. The lowest BCUT2D eigenvalue weighted by Gasteiger charge is -2.28. The van der Waals surface area contributed by atoms with Crippen molar-refractivity contribution in [1.29, 1.82) is 0 Å². The maximum Gasteiger partial charge on any atom is 0.255 e. The molecule has 6 nitrogen and oxygen atoms in total. The van der Waals surface area contributed by atoms with Crippen LogP contribution in [-0.4, -0.2) is 37.6 Å². The predicted molar refractivity (Wildman–Crippen MR) is 131 cm³/mol. The lowest BCUT2D eigenvalue weighted by atomic mass is 10.00. The summed E-state index contributed by atoms with van der Waals surface area (Å²) < 4.78 is 1.74. The van der Waals surface area contributed by atoms with Crippen molar-refractivity contribution < 1.29 is 4.79 Å². The van der Waals surface area contributed by atoms with Crippen LogP contribution in [0.25, 0.3) is 21.6 Å². The Morgan fingerprint density at radius 3 is 2.55 bits per heavy atom. The van der Waals surface area contributed by atoms with Gasteiger partial charge in [0.15, 0.2) is 5.65 Å². The lowest BCUT2D eigenvalue weighted by Crippen LogP contribution is -2.32. The summed E-state index contributed by atoms with van der Waals surface area (Å²) in [6.07, 6.45) is 1.76. The Bertz CT molecular complexity index is 1370. The predicted octanol–water partition coefficient (Wildman–Crippen LogP) is 5.26. The zero-order valence-corrected chi connectivity index (χ0v) is 19.5. The van der Waals surface area contributed by atoms with E-state index in [1.165, 1.54) is 0 Å². The van der Waals surface area contributed by atoms with Crippen LogP contribution in [0.5, 0.6) is 0 Å². The number of carbonyl (C=O) groups is 1. The summed E-state index contributed by atoms with van der Waals surface area (Å²) in [5, 5.41) is 7.34. The highest BCUT2D eigenvalue weighted by molar-refractivity contribution is 7.13. The molecule has 0 fully saturated rings. The van der Waals surface area contributed by atoms with Gasteiger partial charge < -0.3 is 4.90 Å². The third-order valence-corrected chi connectivity index (χ3v) is 6.66. The van der Waals surface area contributed by atoms with Crippen LogP contribution in [0.4, 0.5) is 0 Å². The molecule has 5 rings (SSSR count). The Hall–Kier alpha value is -3.84. The molecule has 1 aromatic carbocycles. The first-order chi connectivity index (χ1) is 16.0. The smallest absolute Gasteiger partial charge is 0.255 e. The van der Waals surface area contributed by atoms with Gasteiger partial charge in [0.25, 0.3) is 5.91 Å². The van der Waals surface area contributed by atoms with Crippen LogP contribution < -0.4 is 0 Å². The number of benzene rings is 1. The fraction of sp³-hybridized carbons (Fsp3) is 0.154. The monoisotopic (exact) mass is 453 g/mol. The molecule has 4 heterocycles. The van der Waals surface area contributed by atoms with Gasteiger partial charge >= 0.3 is 0 Å². The Kier molecular flexibility index (Phi) is 5.48. The van der Waals surface area contributed by atoms with Gasteiger partial charge in [-0.3, -0.25) is 14.5 Å². The summed E-state index contributed by atoms with van der Waals surface area (Å²) >= 11 is 1.60. The standard InChI is InChI=1S/C26H23N5OS/c1-17-23-19(16-21(22-13-9-15-33-22)28-25(23)31(3)29-17)26(32)30(2)24(18-10-5-4-6-11-18)20-12-7-8-14-27-20/h4-16,24H,1-3H3. The van der Waals surface area contributed by atoms with Crippen molar-refractivity contribution in [1.82, 2.24) is 24.6 Å². The van der Waals surface area contributed by atoms with Gasteiger partial charge in [0.05, 0.1) is 39.0 Å². The summed E-state index contributed by atoms with van der Waals surface area (Å²) in [5.74, 6) is -0.101. The Morgan fingerprint density at radius 2 is 1.85 bits per heavy atom. The molecule has 0 radical (unpaired) electrons. The third-order valence-electron chi connectivity index (χ3n) is 5.76. The van der Waals surface area contributed by atoms with Crippen molar-refractivity contribution in [3.05, 3.63) is 101 Å². The molecule has 0 aliphatic heterocycles. The van der Waals surface area contributed by atoms with Crippen LogP contribution in [0.15, 0.2) is 78.3 Å². The number of fused-ring (bicyclic) bond motifs is 1. The quantitative estimate of drug-likeness (QED) is 0.364. The first-order valence-corrected chi connectivity index (χ1v) is 11.5. The van der Waals surface area contributed by atoms with E-state index in [2.05, 4.69) is 10.1 Å². The molecule has 0 saturated carbocycles. The van der Waals surface area contributed by atoms with Crippen LogP contribution in [0.3, 0.4) is 0 Å². The maximum absolute atomic E-state index is 14.1. The van der Waals surface area contributed by atoms with Crippen molar-refractivity contribution in [3.63, 3.8) is 0 Å². The largest absolute Gasteiger partial charge is 0.329 e. The molecule has 4 aromatic heterocycles. The van der Waals surface area contributed by atoms with Gasteiger partial charge in [-0.25, -0.2) is 4.98 Å². The van der Waals surface area contributed by atoms with Crippen LogP contribution in [0.1, 0.15) is 33.4 Å². The molecule has 33 heavy (non-hydrogen) atoms. The molecule has 1 amide bonds. The average molecular weight is 454 g/mol. The van der Waals surface area contributed by atoms with Gasteiger partial charge in [0, 0.05) is 20.3 Å². The summed E-state index contributed by atoms with van der Waals surface area (Å²) in [6.45, 7) is 1.92. The number of aromatic nitrogens is 4. The summed E-state index contributed by atoms with van der Waals surface area (Å²) in [6, 6.07) is 21.3. The highest BCUT2D eigenvalue weighted by Gasteiger charge is 2.28. The van der Waals surface area contributed by atoms with Crippen molar-refractivity contribution in [2.45, 2.75) is 13.0 Å². The number of thiophene rings is 1. The highest BCUT2D eigenvalue weighted by atomic mass is 32.1. The van der Waals surface area contributed by atoms with E-state index in [0.29, 0.717) is 11.2 Å². The second kappa shape index (κ2) is 8.60.